The van der Waals surface area contributed by atoms with Crippen molar-refractivity contribution in [2.75, 3.05) is 6.61 Å². The number of aliphatic carboxylic acids is 1. The average Bonchev–Trinajstić information content (AvgIpc) is 2.40. The number of carbonyl (C=O) groups is 1. The van der Waals surface area contributed by atoms with E-state index in [1.54, 1.807) is 0 Å². The molecule has 3 unspecified atom stereocenters. The fourth-order valence-electron chi connectivity index (χ4n) is 1.23. The molecular weight excluding hydrogens is 120 g/mol. The van der Waals surface area contributed by atoms with Crippen molar-refractivity contribution in [3.63, 3.8) is 0 Å². The second-order valence-electron chi connectivity index (χ2n) is 2.57. The lowest BCUT2D eigenvalue weighted by atomic mass is 10.3. The minimum Gasteiger partial charge on any atom is -0.481 e. The number of aliphatic hydroxyl groups excluding tert-OH is 1. The molecule has 0 spiro atoms. The Kier molecular flexibility index (Phi) is 1.45. The Morgan fingerprint density at radius 2 is 2.22 bits per heavy atom. The molecule has 0 amide bonds. The van der Waals surface area contributed by atoms with Gasteiger partial charge in [-0.3, -0.25) is 4.79 Å². The van der Waals surface area contributed by atoms with E-state index in [1.165, 1.54) is 0 Å². The quantitative estimate of drug-likeness (QED) is 0.550. The SMILES string of the molecule is CC1C(CO)C1C(=O)O. The van der Waals surface area contributed by atoms with Crippen LogP contribution in [0.5, 0.6) is 0 Å². The van der Waals surface area contributed by atoms with Crippen molar-refractivity contribution in [3.05, 3.63) is 0 Å². The Balaban J connectivity index is 2.42. The number of carboxylic acid groups (broad SMARTS) is 1. The third kappa shape index (κ3) is 0.920. The third-order valence-electron chi connectivity index (χ3n) is 2.06. The van der Waals surface area contributed by atoms with Gasteiger partial charge in [-0.25, -0.2) is 0 Å². The zero-order valence-electron chi connectivity index (χ0n) is 5.24. The van der Waals surface area contributed by atoms with Gasteiger partial charge in [-0.05, 0) is 11.8 Å². The van der Waals surface area contributed by atoms with Gasteiger partial charge >= 0.3 is 5.97 Å². The van der Waals surface area contributed by atoms with Gasteiger partial charge in [0, 0.05) is 6.61 Å². The van der Waals surface area contributed by atoms with Gasteiger partial charge in [-0.15, -0.1) is 0 Å². The molecule has 1 aliphatic carbocycles. The predicted molar refractivity (Wildman–Crippen MR) is 30.9 cm³/mol. The molecule has 0 aromatic rings. The van der Waals surface area contributed by atoms with Crippen molar-refractivity contribution in [1.29, 1.82) is 0 Å². The Hall–Kier alpha value is -0.570. The van der Waals surface area contributed by atoms with Crippen molar-refractivity contribution in [2.24, 2.45) is 17.8 Å². The fourth-order valence-corrected chi connectivity index (χ4v) is 1.23. The highest BCUT2D eigenvalue weighted by Gasteiger charge is 2.51. The molecule has 1 rings (SSSR count). The largest absolute Gasteiger partial charge is 0.481 e. The number of hydrogen-bond donors (Lipinski definition) is 2. The van der Waals surface area contributed by atoms with Crippen LogP contribution < -0.4 is 0 Å². The average molecular weight is 130 g/mol. The molecule has 0 saturated heterocycles. The summed E-state index contributed by atoms with van der Waals surface area (Å²) in [6.45, 7) is 1.86. The highest BCUT2D eigenvalue weighted by atomic mass is 16.4. The number of rotatable bonds is 2. The summed E-state index contributed by atoms with van der Waals surface area (Å²) < 4.78 is 0. The summed E-state index contributed by atoms with van der Waals surface area (Å²) in [4.78, 5) is 10.2. The first-order valence-corrected chi connectivity index (χ1v) is 3.02. The van der Waals surface area contributed by atoms with Crippen molar-refractivity contribution in [2.45, 2.75) is 6.92 Å². The lowest BCUT2D eigenvalue weighted by Gasteiger charge is -1.84. The van der Waals surface area contributed by atoms with E-state index in [9.17, 15) is 4.79 Å². The van der Waals surface area contributed by atoms with Crippen molar-refractivity contribution in [3.8, 4) is 0 Å². The molecule has 0 aromatic heterocycles. The first-order valence-electron chi connectivity index (χ1n) is 3.02. The van der Waals surface area contributed by atoms with Gasteiger partial charge in [0.2, 0.25) is 0 Å². The Labute approximate surface area is 53.3 Å². The summed E-state index contributed by atoms with van der Waals surface area (Å²) in [7, 11) is 0. The summed E-state index contributed by atoms with van der Waals surface area (Å²) in [5, 5.41) is 16.9. The van der Waals surface area contributed by atoms with Crippen molar-refractivity contribution in [1.82, 2.24) is 0 Å². The first kappa shape index (κ1) is 6.55. The Morgan fingerprint density at radius 3 is 2.33 bits per heavy atom. The lowest BCUT2D eigenvalue weighted by molar-refractivity contribution is -0.139. The molecule has 1 fully saturated rings. The second kappa shape index (κ2) is 1.99. The number of carboxylic acids is 1. The highest BCUT2D eigenvalue weighted by Crippen LogP contribution is 2.45. The standard InChI is InChI=1S/C6H10O3/c1-3-4(2-7)5(3)6(8)9/h3-5,7H,2H2,1H3,(H,8,9). The molecule has 0 aliphatic heterocycles. The van der Waals surface area contributed by atoms with E-state index in [-0.39, 0.29) is 24.4 Å². The maximum atomic E-state index is 10.2. The maximum Gasteiger partial charge on any atom is 0.307 e. The number of aliphatic hydroxyl groups is 1. The van der Waals surface area contributed by atoms with Gasteiger partial charge in [0.05, 0.1) is 5.92 Å². The summed E-state index contributed by atoms with van der Waals surface area (Å²) >= 11 is 0. The van der Waals surface area contributed by atoms with E-state index in [2.05, 4.69) is 0 Å². The van der Waals surface area contributed by atoms with Crippen LogP contribution in [0.15, 0.2) is 0 Å². The smallest absolute Gasteiger partial charge is 0.307 e. The first-order chi connectivity index (χ1) is 4.18. The van der Waals surface area contributed by atoms with Crippen LogP contribution in [0, 0.1) is 17.8 Å². The summed E-state index contributed by atoms with van der Waals surface area (Å²) in [5.41, 5.74) is 0. The lowest BCUT2D eigenvalue weighted by Crippen LogP contribution is -2.01. The van der Waals surface area contributed by atoms with Crippen LogP contribution >= 0.6 is 0 Å². The Bertz CT molecular complexity index is 132. The third-order valence-corrected chi connectivity index (χ3v) is 2.06. The monoisotopic (exact) mass is 130 g/mol. The molecule has 3 atom stereocenters. The summed E-state index contributed by atoms with van der Waals surface area (Å²) in [5.74, 6) is -0.869. The molecule has 0 bridgehead atoms. The molecular formula is C6H10O3. The molecule has 52 valence electrons. The van der Waals surface area contributed by atoms with E-state index in [0.29, 0.717) is 0 Å². The molecule has 3 heteroatoms. The molecule has 0 heterocycles. The van der Waals surface area contributed by atoms with Gasteiger partial charge in [0.25, 0.3) is 0 Å². The Morgan fingerprint density at radius 1 is 1.67 bits per heavy atom. The normalized spacial score (nSPS) is 40.4. The van der Waals surface area contributed by atoms with Crippen LogP contribution in [0.2, 0.25) is 0 Å². The van der Waals surface area contributed by atoms with Crippen molar-refractivity contribution < 1.29 is 15.0 Å². The van der Waals surface area contributed by atoms with Crippen LogP contribution in [0.25, 0.3) is 0 Å². The van der Waals surface area contributed by atoms with Crippen LogP contribution in [-0.4, -0.2) is 22.8 Å². The van der Waals surface area contributed by atoms with Gasteiger partial charge < -0.3 is 10.2 Å². The number of hydrogen-bond acceptors (Lipinski definition) is 2. The van der Waals surface area contributed by atoms with Crippen LogP contribution in [0.1, 0.15) is 6.92 Å². The topological polar surface area (TPSA) is 57.5 Å². The predicted octanol–water partition coefficient (Wildman–Crippen LogP) is -0.0546. The van der Waals surface area contributed by atoms with Crippen molar-refractivity contribution >= 4 is 5.97 Å². The molecule has 2 N–H and O–H groups in total. The van der Waals surface area contributed by atoms with E-state index >= 15 is 0 Å². The fraction of sp³-hybridized carbons (Fsp3) is 0.833. The molecule has 3 nitrogen and oxygen atoms in total. The van der Waals surface area contributed by atoms with Gasteiger partial charge in [0.1, 0.15) is 0 Å². The second-order valence-corrected chi connectivity index (χ2v) is 2.57. The van der Waals surface area contributed by atoms with Crippen LogP contribution in [-0.2, 0) is 4.79 Å². The summed E-state index contributed by atoms with van der Waals surface area (Å²) in [6, 6.07) is 0. The van der Waals surface area contributed by atoms with E-state index < -0.39 is 5.97 Å². The molecule has 1 saturated carbocycles. The zero-order chi connectivity index (χ0) is 7.02. The van der Waals surface area contributed by atoms with Gasteiger partial charge in [0.15, 0.2) is 0 Å². The van der Waals surface area contributed by atoms with Gasteiger partial charge in [-0.1, -0.05) is 6.92 Å². The summed E-state index contributed by atoms with van der Waals surface area (Å²) in [6.07, 6.45) is 0. The zero-order valence-corrected chi connectivity index (χ0v) is 5.24. The molecule has 1 aliphatic rings. The van der Waals surface area contributed by atoms with E-state index in [1.807, 2.05) is 6.92 Å². The molecule has 0 aromatic carbocycles. The molecule has 9 heavy (non-hydrogen) atoms. The van der Waals surface area contributed by atoms with E-state index in [4.69, 9.17) is 10.2 Å². The highest BCUT2D eigenvalue weighted by molar-refractivity contribution is 5.74. The molecule has 0 radical (unpaired) electrons. The minimum absolute atomic E-state index is 0.0120. The van der Waals surface area contributed by atoms with Crippen LogP contribution in [0.3, 0.4) is 0 Å². The van der Waals surface area contributed by atoms with Crippen LogP contribution in [0.4, 0.5) is 0 Å². The maximum absolute atomic E-state index is 10.2. The van der Waals surface area contributed by atoms with E-state index in [0.717, 1.165) is 0 Å². The minimum atomic E-state index is -0.776. The van der Waals surface area contributed by atoms with Gasteiger partial charge in [-0.2, -0.15) is 0 Å².